The molecule has 0 N–H and O–H groups in total. The molecule has 0 unspecified atom stereocenters. The van der Waals surface area contributed by atoms with Crippen molar-refractivity contribution < 1.29 is 9.13 Å². The van der Waals surface area contributed by atoms with Crippen molar-refractivity contribution in [2.24, 2.45) is 5.10 Å². The van der Waals surface area contributed by atoms with Gasteiger partial charge in [-0.1, -0.05) is 18.7 Å². The van der Waals surface area contributed by atoms with E-state index in [1.807, 2.05) is 6.92 Å². The molecule has 20 heavy (non-hydrogen) atoms. The zero-order valence-electron chi connectivity index (χ0n) is 11.1. The summed E-state index contributed by atoms with van der Waals surface area (Å²) in [6, 6.07) is 4.43. The molecule has 0 bridgehead atoms. The van der Waals surface area contributed by atoms with E-state index in [4.69, 9.17) is 4.74 Å². The van der Waals surface area contributed by atoms with Crippen LogP contribution in [0.2, 0.25) is 0 Å². The summed E-state index contributed by atoms with van der Waals surface area (Å²) in [5.41, 5.74) is 1.43. The Morgan fingerprint density at radius 3 is 3.00 bits per heavy atom. The third-order valence-electron chi connectivity index (χ3n) is 3.02. The number of aromatic nitrogens is 3. The van der Waals surface area contributed by atoms with Gasteiger partial charge in [0.25, 0.3) is 0 Å². The van der Waals surface area contributed by atoms with Crippen LogP contribution in [0.4, 0.5) is 4.39 Å². The van der Waals surface area contributed by atoms with Crippen molar-refractivity contribution in [1.29, 1.82) is 0 Å². The van der Waals surface area contributed by atoms with Gasteiger partial charge in [0.15, 0.2) is 5.82 Å². The van der Waals surface area contributed by atoms with Crippen LogP contribution in [0.15, 0.2) is 28.5 Å². The first-order valence-electron chi connectivity index (χ1n) is 6.21. The van der Waals surface area contributed by atoms with E-state index in [-0.39, 0.29) is 5.82 Å². The average Bonchev–Trinajstić information content (AvgIpc) is 2.89. The fourth-order valence-electron chi connectivity index (χ4n) is 2.03. The number of thioether (sulfide) groups is 1. The highest BCUT2D eigenvalue weighted by molar-refractivity contribution is 7.99. The van der Waals surface area contributed by atoms with Crippen molar-refractivity contribution in [1.82, 2.24) is 14.9 Å². The van der Waals surface area contributed by atoms with Crippen LogP contribution in [0.25, 0.3) is 0 Å². The third kappa shape index (κ3) is 2.18. The summed E-state index contributed by atoms with van der Waals surface area (Å²) in [6.07, 6.45) is 0.741. The summed E-state index contributed by atoms with van der Waals surface area (Å²) < 4.78 is 20.5. The predicted molar refractivity (Wildman–Crippen MR) is 75.0 cm³/mol. The van der Waals surface area contributed by atoms with E-state index in [9.17, 15) is 4.39 Å². The normalized spacial score (nSPS) is 13.8. The van der Waals surface area contributed by atoms with E-state index in [0.717, 1.165) is 23.1 Å². The van der Waals surface area contributed by atoms with E-state index >= 15 is 0 Å². The minimum absolute atomic E-state index is 0.307. The highest BCUT2D eigenvalue weighted by Gasteiger charge is 2.21. The van der Waals surface area contributed by atoms with Crippen LogP contribution in [0.1, 0.15) is 18.3 Å². The number of halogens is 1. The summed E-state index contributed by atoms with van der Waals surface area (Å²) in [4.78, 5) is 0. The molecule has 0 radical (unpaired) electrons. The number of aryl methyl sites for hydroxylation is 1. The Balaban J connectivity index is 2.10. The summed E-state index contributed by atoms with van der Waals surface area (Å²) in [6.45, 7) is 1.99. The van der Waals surface area contributed by atoms with Gasteiger partial charge in [-0.05, 0) is 18.2 Å². The quantitative estimate of drug-likeness (QED) is 0.871. The molecule has 0 fully saturated rings. The molecule has 7 heteroatoms. The van der Waals surface area contributed by atoms with E-state index < -0.39 is 0 Å². The standard InChI is InChI=1S/C13H13FN4OS/c1-3-12-15-16-13-18(12)17-10(7-20-13)9-6-8(14)4-5-11(9)19-2/h4-6H,3,7H2,1-2H3. The molecule has 2 aromatic rings. The van der Waals surface area contributed by atoms with Crippen molar-refractivity contribution >= 4 is 17.5 Å². The lowest BCUT2D eigenvalue weighted by atomic mass is 10.1. The first-order valence-corrected chi connectivity index (χ1v) is 7.20. The van der Waals surface area contributed by atoms with Crippen LogP contribution < -0.4 is 4.74 Å². The van der Waals surface area contributed by atoms with Gasteiger partial charge in [-0.2, -0.15) is 9.78 Å². The number of rotatable bonds is 3. The first-order chi connectivity index (χ1) is 9.72. The van der Waals surface area contributed by atoms with Gasteiger partial charge in [0, 0.05) is 17.7 Å². The molecule has 0 spiro atoms. The second-order valence-corrected chi connectivity index (χ2v) is 5.19. The number of ether oxygens (including phenoxy) is 1. The molecule has 1 aliphatic rings. The fourth-order valence-corrected chi connectivity index (χ4v) is 2.87. The Hall–Kier alpha value is -1.89. The number of hydrogen-bond donors (Lipinski definition) is 0. The van der Waals surface area contributed by atoms with Gasteiger partial charge in [0.2, 0.25) is 5.16 Å². The van der Waals surface area contributed by atoms with E-state index in [1.54, 1.807) is 17.9 Å². The predicted octanol–water partition coefficient (Wildman–Crippen LogP) is 2.35. The van der Waals surface area contributed by atoms with Crippen LogP contribution in [0.5, 0.6) is 5.75 Å². The van der Waals surface area contributed by atoms with E-state index in [2.05, 4.69) is 15.3 Å². The molecular weight excluding hydrogens is 279 g/mol. The van der Waals surface area contributed by atoms with Crippen molar-refractivity contribution in [3.8, 4) is 5.75 Å². The number of nitrogens with zero attached hydrogens (tertiary/aromatic N) is 4. The molecule has 0 amide bonds. The van der Waals surface area contributed by atoms with Crippen molar-refractivity contribution in [2.75, 3.05) is 12.9 Å². The van der Waals surface area contributed by atoms with E-state index in [1.165, 1.54) is 23.9 Å². The topological polar surface area (TPSA) is 52.3 Å². The van der Waals surface area contributed by atoms with Gasteiger partial charge in [-0.3, -0.25) is 0 Å². The Kier molecular flexibility index (Phi) is 3.43. The van der Waals surface area contributed by atoms with Crippen LogP contribution in [0, 0.1) is 5.82 Å². The molecule has 0 saturated carbocycles. The summed E-state index contributed by atoms with van der Waals surface area (Å²) >= 11 is 1.53. The number of hydrogen-bond acceptors (Lipinski definition) is 5. The second-order valence-electron chi connectivity index (χ2n) is 4.24. The zero-order chi connectivity index (χ0) is 14.1. The van der Waals surface area contributed by atoms with Gasteiger partial charge in [-0.25, -0.2) is 4.39 Å². The largest absolute Gasteiger partial charge is 0.496 e. The van der Waals surface area contributed by atoms with E-state index in [0.29, 0.717) is 17.1 Å². The van der Waals surface area contributed by atoms with Crippen molar-refractivity contribution in [3.63, 3.8) is 0 Å². The van der Waals surface area contributed by atoms with Crippen LogP contribution in [-0.2, 0) is 6.42 Å². The molecule has 1 aromatic heterocycles. The molecule has 2 heterocycles. The summed E-state index contributed by atoms with van der Waals surface area (Å²) in [5, 5.41) is 13.5. The molecule has 1 aromatic carbocycles. The zero-order valence-corrected chi connectivity index (χ0v) is 11.9. The minimum Gasteiger partial charge on any atom is -0.496 e. The van der Waals surface area contributed by atoms with Crippen LogP contribution >= 0.6 is 11.8 Å². The Bertz CT molecular complexity index is 683. The van der Waals surface area contributed by atoms with Gasteiger partial charge < -0.3 is 4.74 Å². The lowest BCUT2D eigenvalue weighted by Gasteiger charge is -2.15. The summed E-state index contributed by atoms with van der Waals surface area (Å²) in [7, 11) is 1.56. The maximum absolute atomic E-state index is 13.5. The Morgan fingerprint density at radius 1 is 1.40 bits per heavy atom. The number of fused-ring (bicyclic) bond motifs is 1. The smallest absolute Gasteiger partial charge is 0.212 e. The fraction of sp³-hybridized carbons (Fsp3) is 0.308. The minimum atomic E-state index is -0.307. The van der Waals surface area contributed by atoms with Gasteiger partial charge >= 0.3 is 0 Å². The lowest BCUT2D eigenvalue weighted by Crippen LogP contribution is -2.15. The Morgan fingerprint density at radius 2 is 2.25 bits per heavy atom. The molecular formula is C13H13FN4OS. The molecule has 0 atom stereocenters. The first kappa shape index (κ1) is 13.1. The highest BCUT2D eigenvalue weighted by Crippen LogP contribution is 2.28. The second kappa shape index (κ2) is 5.24. The van der Waals surface area contributed by atoms with Gasteiger partial charge in [0.1, 0.15) is 11.6 Å². The van der Waals surface area contributed by atoms with Crippen molar-refractivity contribution in [2.45, 2.75) is 18.5 Å². The highest BCUT2D eigenvalue weighted by atomic mass is 32.2. The average molecular weight is 292 g/mol. The molecule has 3 rings (SSSR count). The summed E-state index contributed by atoms with van der Waals surface area (Å²) in [5.74, 6) is 1.71. The lowest BCUT2D eigenvalue weighted by molar-refractivity contribution is 0.412. The molecule has 1 aliphatic heterocycles. The van der Waals surface area contributed by atoms with Gasteiger partial charge in [0.05, 0.1) is 12.8 Å². The number of methoxy groups -OCH3 is 1. The van der Waals surface area contributed by atoms with Gasteiger partial charge in [-0.15, -0.1) is 10.2 Å². The molecule has 0 aliphatic carbocycles. The number of benzene rings is 1. The maximum Gasteiger partial charge on any atom is 0.212 e. The van der Waals surface area contributed by atoms with Crippen LogP contribution in [0.3, 0.4) is 0 Å². The van der Waals surface area contributed by atoms with Crippen LogP contribution in [-0.4, -0.2) is 33.4 Å². The molecule has 0 saturated heterocycles. The molecule has 5 nitrogen and oxygen atoms in total. The maximum atomic E-state index is 13.5. The third-order valence-corrected chi connectivity index (χ3v) is 3.95. The SMILES string of the molecule is CCc1nnc2n1N=C(c1cc(F)ccc1OC)CS2. The monoisotopic (exact) mass is 292 g/mol. The Labute approximate surface area is 119 Å². The van der Waals surface area contributed by atoms with Crippen molar-refractivity contribution in [3.05, 3.63) is 35.4 Å². The molecule has 104 valence electrons.